The Morgan fingerprint density at radius 1 is 1.20 bits per heavy atom. The molecular weight excluding hydrogens is 257 g/mol. The molecule has 1 saturated heterocycles. The van der Waals surface area contributed by atoms with Gasteiger partial charge < -0.3 is 5.11 Å². The highest BCUT2D eigenvalue weighted by atomic mass is 19.1. The van der Waals surface area contributed by atoms with Crippen molar-refractivity contribution in [2.45, 2.75) is 13.0 Å². The first-order valence-electron chi connectivity index (χ1n) is 6.97. The maximum atomic E-state index is 13.9. The second-order valence-electron chi connectivity index (χ2n) is 5.11. The lowest BCUT2D eigenvalue weighted by molar-refractivity contribution is 0.195. The Bertz CT molecular complexity index is 486. The highest BCUT2D eigenvalue weighted by Gasteiger charge is 2.15. The molecule has 0 aromatic heterocycles. The zero-order valence-electron chi connectivity index (χ0n) is 11.6. The molecule has 1 fully saturated rings. The Balaban J connectivity index is 1.95. The summed E-state index contributed by atoms with van der Waals surface area (Å²) in [6, 6.07) is 6.60. The average molecular weight is 277 g/mol. The van der Waals surface area contributed by atoms with Gasteiger partial charge in [-0.1, -0.05) is 6.07 Å². The number of benzene rings is 1. The van der Waals surface area contributed by atoms with E-state index in [0.717, 1.165) is 32.6 Å². The molecule has 1 aromatic carbocycles. The largest absolute Gasteiger partial charge is 0.395 e. The van der Waals surface area contributed by atoms with E-state index in [9.17, 15) is 4.39 Å². The Morgan fingerprint density at radius 2 is 1.95 bits per heavy atom. The van der Waals surface area contributed by atoms with Crippen molar-refractivity contribution < 1.29 is 9.50 Å². The number of aliphatic hydroxyl groups excluding tert-OH is 1. The summed E-state index contributed by atoms with van der Waals surface area (Å²) in [6.45, 7) is 5.15. The zero-order valence-corrected chi connectivity index (χ0v) is 11.6. The van der Waals surface area contributed by atoms with Gasteiger partial charge in [0.05, 0.1) is 18.2 Å². The number of halogens is 1. The van der Waals surface area contributed by atoms with Gasteiger partial charge in [0.25, 0.3) is 0 Å². The van der Waals surface area contributed by atoms with E-state index in [1.165, 1.54) is 6.07 Å². The van der Waals surface area contributed by atoms with Gasteiger partial charge in [-0.3, -0.25) is 9.80 Å². The van der Waals surface area contributed by atoms with Gasteiger partial charge >= 0.3 is 0 Å². The second-order valence-corrected chi connectivity index (χ2v) is 5.11. The number of hydrogen-bond donors (Lipinski definition) is 1. The maximum absolute atomic E-state index is 13.9. The third-order valence-electron chi connectivity index (χ3n) is 3.67. The Labute approximate surface area is 119 Å². The summed E-state index contributed by atoms with van der Waals surface area (Å²) in [5.74, 6) is -0.305. The van der Waals surface area contributed by atoms with Crippen LogP contribution in [-0.4, -0.2) is 54.2 Å². The van der Waals surface area contributed by atoms with Gasteiger partial charge in [0.1, 0.15) is 5.82 Å². The zero-order chi connectivity index (χ0) is 14.4. The van der Waals surface area contributed by atoms with Crippen LogP contribution < -0.4 is 0 Å². The van der Waals surface area contributed by atoms with Crippen molar-refractivity contribution >= 4 is 0 Å². The molecule has 1 heterocycles. The van der Waals surface area contributed by atoms with Gasteiger partial charge in [0.2, 0.25) is 0 Å². The van der Waals surface area contributed by atoms with Crippen LogP contribution in [0.2, 0.25) is 0 Å². The van der Waals surface area contributed by atoms with E-state index in [1.54, 1.807) is 12.1 Å². The van der Waals surface area contributed by atoms with Crippen molar-refractivity contribution in [2.24, 2.45) is 0 Å². The SMILES string of the molecule is N#Cc1ccc(CN2CCCN(CCO)CC2)c(F)c1. The van der Waals surface area contributed by atoms with Crippen molar-refractivity contribution in [1.82, 2.24) is 9.80 Å². The molecule has 0 radical (unpaired) electrons. The molecule has 4 nitrogen and oxygen atoms in total. The molecule has 1 aliphatic rings. The monoisotopic (exact) mass is 277 g/mol. The molecule has 0 saturated carbocycles. The minimum Gasteiger partial charge on any atom is -0.395 e. The van der Waals surface area contributed by atoms with E-state index in [4.69, 9.17) is 10.4 Å². The molecule has 0 spiro atoms. The van der Waals surface area contributed by atoms with Gasteiger partial charge in [0.15, 0.2) is 0 Å². The summed E-state index contributed by atoms with van der Waals surface area (Å²) in [7, 11) is 0. The Kier molecular flexibility index (Phi) is 5.48. The molecule has 2 rings (SSSR count). The predicted octanol–water partition coefficient (Wildman–Crippen LogP) is 1.20. The molecule has 0 unspecified atom stereocenters. The first kappa shape index (κ1) is 14.9. The van der Waals surface area contributed by atoms with Gasteiger partial charge in [0, 0.05) is 31.7 Å². The standard InChI is InChI=1S/C15H20FN3O/c16-15-10-13(11-17)2-3-14(15)12-19-5-1-4-18(6-7-19)8-9-20/h2-3,10,20H,1,4-9,12H2. The van der Waals surface area contributed by atoms with Crippen molar-refractivity contribution in [3.63, 3.8) is 0 Å². The molecule has 20 heavy (non-hydrogen) atoms. The number of rotatable bonds is 4. The van der Waals surface area contributed by atoms with Crippen LogP contribution in [0.5, 0.6) is 0 Å². The summed E-state index contributed by atoms with van der Waals surface area (Å²) in [4.78, 5) is 4.46. The quantitative estimate of drug-likeness (QED) is 0.898. The van der Waals surface area contributed by atoms with Crippen LogP contribution in [0, 0.1) is 17.1 Å². The molecule has 108 valence electrons. The molecule has 0 atom stereocenters. The van der Waals surface area contributed by atoms with Gasteiger partial charge in [-0.15, -0.1) is 0 Å². The first-order valence-corrected chi connectivity index (χ1v) is 6.97. The smallest absolute Gasteiger partial charge is 0.129 e. The van der Waals surface area contributed by atoms with Crippen molar-refractivity contribution in [2.75, 3.05) is 39.3 Å². The Morgan fingerprint density at radius 3 is 2.65 bits per heavy atom. The maximum Gasteiger partial charge on any atom is 0.129 e. The van der Waals surface area contributed by atoms with Crippen LogP contribution in [0.15, 0.2) is 18.2 Å². The van der Waals surface area contributed by atoms with E-state index in [2.05, 4.69) is 9.80 Å². The van der Waals surface area contributed by atoms with Crippen LogP contribution in [0.1, 0.15) is 17.5 Å². The third kappa shape index (κ3) is 4.01. The van der Waals surface area contributed by atoms with E-state index < -0.39 is 0 Å². The average Bonchev–Trinajstić information content (AvgIpc) is 2.67. The highest BCUT2D eigenvalue weighted by molar-refractivity contribution is 5.32. The summed E-state index contributed by atoms with van der Waals surface area (Å²) in [5, 5.41) is 17.7. The highest BCUT2D eigenvalue weighted by Crippen LogP contribution is 2.14. The normalized spacial score (nSPS) is 17.6. The molecule has 1 aliphatic heterocycles. The topological polar surface area (TPSA) is 50.5 Å². The van der Waals surface area contributed by atoms with Crippen LogP contribution in [0.25, 0.3) is 0 Å². The fraction of sp³-hybridized carbons (Fsp3) is 0.533. The molecule has 0 bridgehead atoms. The number of β-amino-alcohol motifs (C(OH)–C–C–N with tert-alkyl or cyclic N) is 1. The summed E-state index contributed by atoms with van der Waals surface area (Å²) in [6.07, 6.45) is 1.03. The van der Waals surface area contributed by atoms with Gasteiger partial charge in [-0.25, -0.2) is 4.39 Å². The van der Waals surface area contributed by atoms with E-state index in [0.29, 0.717) is 24.2 Å². The molecule has 0 aliphatic carbocycles. The van der Waals surface area contributed by atoms with Crippen molar-refractivity contribution in [1.29, 1.82) is 5.26 Å². The molecule has 1 N–H and O–H groups in total. The fourth-order valence-corrected chi connectivity index (χ4v) is 2.53. The van der Waals surface area contributed by atoms with Crippen molar-refractivity contribution in [3.8, 4) is 6.07 Å². The molecule has 1 aromatic rings. The number of nitrogens with zero attached hydrogens (tertiary/aromatic N) is 3. The van der Waals surface area contributed by atoms with Crippen LogP contribution in [0.3, 0.4) is 0 Å². The summed E-state index contributed by atoms with van der Waals surface area (Å²) in [5.41, 5.74) is 0.996. The fourth-order valence-electron chi connectivity index (χ4n) is 2.53. The van der Waals surface area contributed by atoms with Gasteiger partial charge in [-0.05, 0) is 31.6 Å². The molecular formula is C15H20FN3O. The summed E-state index contributed by atoms with van der Waals surface area (Å²) >= 11 is 0. The first-order chi connectivity index (χ1) is 9.72. The number of hydrogen-bond acceptors (Lipinski definition) is 4. The lowest BCUT2D eigenvalue weighted by atomic mass is 10.1. The molecule has 0 amide bonds. The minimum absolute atomic E-state index is 0.185. The summed E-state index contributed by atoms with van der Waals surface area (Å²) < 4.78 is 13.9. The lowest BCUT2D eigenvalue weighted by Gasteiger charge is -2.21. The Hall–Kier alpha value is -1.48. The number of nitriles is 1. The van der Waals surface area contributed by atoms with Crippen LogP contribution in [0.4, 0.5) is 4.39 Å². The van der Waals surface area contributed by atoms with E-state index in [-0.39, 0.29) is 12.4 Å². The predicted molar refractivity (Wildman–Crippen MR) is 74.5 cm³/mol. The van der Waals surface area contributed by atoms with Crippen LogP contribution in [-0.2, 0) is 6.54 Å². The molecule has 5 heteroatoms. The van der Waals surface area contributed by atoms with E-state index >= 15 is 0 Å². The lowest BCUT2D eigenvalue weighted by Crippen LogP contribution is -2.32. The number of aliphatic hydroxyl groups is 1. The third-order valence-corrected chi connectivity index (χ3v) is 3.67. The van der Waals surface area contributed by atoms with Crippen LogP contribution >= 0.6 is 0 Å². The second kappa shape index (κ2) is 7.34. The van der Waals surface area contributed by atoms with Gasteiger partial charge in [-0.2, -0.15) is 5.26 Å². The van der Waals surface area contributed by atoms with Crippen molar-refractivity contribution in [3.05, 3.63) is 35.1 Å². The van der Waals surface area contributed by atoms with E-state index in [1.807, 2.05) is 6.07 Å². The minimum atomic E-state index is -0.305.